The quantitative estimate of drug-likeness (QED) is 0.477. The molecule has 0 atom stereocenters. The molecule has 0 saturated heterocycles. The summed E-state index contributed by atoms with van der Waals surface area (Å²) in [6.07, 6.45) is -3.75. The molecule has 150 valence electrons. The molecule has 29 heavy (non-hydrogen) atoms. The van der Waals surface area contributed by atoms with E-state index in [9.17, 15) is 13.2 Å². The van der Waals surface area contributed by atoms with Crippen LogP contribution in [-0.4, -0.2) is 10.1 Å². The first-order valence-corrected chi connectivity index (χ1v) is 9.19. The number of benzene rings is 2. The van der Waals surface area contributed by atoms with Crippen LogP contribution in [0.2, 0.25) is 5.02 Å². The minimum Gasteiger partial charge on any atom is -0.457 e. The standard InChI is InChI=1S/C20H15ClF3N3OS/c21-17-9-13(20(22,23)24)11-25-18(17)12-26-19(29)27-14-5-4-8-16(10-14)28-15-6-2-1-3-7-15/h1-11H,12H2,(H2,26,27,29). The average Bonchev–Trinajstić information content (AvgIpc) is 2.67. The summed E-state index contributed by atoms with van der Waals surface area (Å²) in [5.41, 5.74) is 0.0366. The first kappa shape index (κ1) is 20.9. The summed E-state index contributed by atoms with van der Waals surface area (Å²) >= 11 is 11.1. The second kappa shape index (κ2) is 9.11. The Kier molecular flexibility index (Phi) is 6.56. The van der Waals surface area contributed by atoms with Gasteiger partial charge in [-0.05, 0) is 42.5 Å². The van der Waals surface area contributed by atoms with E-state index in [0.717, 1.165) is 12.3 Å². The first-order chi connectivity index (χ1) is 13.8. The van der Waals surface area contributed by atoms with Crippen LogP contribution in [0, 0.1) is 0 Å². The molecule has 0 aliphatic rings. The van der Waals surface area contributed by atoms with Gasteiger partial charge in [-0.25, -0.2) is 0 Å². The van der Waals surface area contributed by atoms with E-state index in [2.05, 4.69) is 15.6 Å². The van der Waals surface area contributed by atoms with E-state index in [-0.39, 0.29) is 22.4 Å². The predicted molar refractivity (Wildman–Crippen MR) is 110 cm³/mol. The minimum atomic E-state index is -4.49. The van der Waals surface area contributed by atoms with E-state index < -0.39 is 11.7 Å². The van der Waals surface area contributed by atoms with Crippen molar-refractivity contribution >= 4 is 34.6 Å². The molecule has 1 heterocycles. The van der Waals surface area contributed by atoms with Crippen molar-refractivity contribution in [3.8, 4) is 11.5 Å². The molecule has 9 heteroatoms. The van der Waals surface area contributed by atoms with E-state index in [0.29, 0.717) is 17.2 Å². The van der Waals surface area contributed by atoms with Gasteiger partial charge in [-0.1, -0.05) is 35.9 Å². The lowest BCUT2D eigenvalue weighted by Crippen LogP contribution is -2.28. The number of nitrogens with one attached hydrogen (secondary N) is 2. The summed E-state index contributed by atoms with van der Waals surface area (Å²) in [6.45, 7) is 0.0724. The van der Waals surface area contributed by atoms with Gasteiger partial charge in [-0.2, -0.15) is 13.2 Å². The summed E-state index contributed by atoms with van der Waals surface area (Å²) in [5.74, 6) is 1.32. The van der Waals surface area contributed by atoms with Crippen LogP contribution in [0.25, 0.3) is 0 Å². The lowest BCUT2D eigenvalue weighted by molar-refractivity contribution is -0.137. The highest BCUT2D eigenvalue weighted by Gasteiger charge is 2.31. The Labute approximate surface area is 175 Å². The van der Waals surface area contributed by atoms with Crippen LogP contribution in [0.3, 0.4) is 0 Å². The fourth-order valence-corrected chi connectivity index (χ4v) is 2.78. The number of nitrogens with zero attached hydrogens (tertiary/aromatic N) is 1. The van der Waals surface area contributed by atoms with Gasteiger partial charge in [-0.3, -0.25) is 4.98 Å². The van der Waals surface area contributed by atoms with Gasteiger partial charge in [0.1, 0.15) is 11.5 Å². The van der Waals surface area contributed by atoms with E-state index in [1.165, 1.54) is 0 Å². The van der Waals surface area contributed by atoms with Gasteiger partial charge in [0, 0.05) is 18.0 Å². The monoisotopic (exact) mass is 437 g/mol. The van der Waals surface area contributed by atoms with Gasteiger partial charge in [0.15, 0.2) is 5.11 Å². The fraction of sp³-hybridized carbons (Fsp3) is 0.100. The molecule has 0 radical (unpaired) electrons. The number of para-hydroxylation sites is 1. The van der Waals surface area contributed by atoms with Crippen LogP contribution in [0.5, 0.6) is 11.5 Å². The van der Waals surface area contributed by atoms with E-state index in [1.54, 1.807) is 24.3 Å². The predicted octanol–water partition coefficient (Wildman–Crippen LogP) is 6.03. The number of anilines is 1. The number of rotatable bonds is 5. The number of pyridine rings is 1. The van der Waals surface area contributed by atoms with Crippen molar-refractivity contribution in [2.75, 3.05) is 5.32 Å². The van der Waals surface area contributed by atoms with Crippen molar-refractivity contribution in [1.29, 1.82) is 0 Å². The second-order valence-corrected chi connectivity index (χ2v) is 6.72. The van der Waals surface area contributed by atoms with Crippen LogP contribution < -0.4 is 15.4 Å². The van der Waals surface area contributed by atoms with Crippen LogP contribution >= 0.6 is 23.8 Å². The maximum absolute atomic E-state index is 12.7. The molecule has 0 saturated carbocycles. The Balaban J connectivity index is 1.58. The van der Waals surface area contributed by atoms with Crippen LogP contribution in [-0.2, 0) is 12.7 Å². The Morgan fingerprint density at radius 1 is 1.03 bits per heavy atom. The van der Waals surface area contributed by atoms with Crippen molar-refractivity contribution in [3.05, 3.63) is 83.1 Å². The van der Waals surface area contributed by atoms with Gasteiger partial charge < -0.3 is 15.4 Å². The molecule has 3 rings (SSSR count). The maximum Gasteiger partial charge on any atom is 0.417 e. The van der Waals surface area contributed by atoms with Gasteiger partial charge in [0.05, 0.1) is 22.8 Å². The number of thiocarbonyl (C=S) groups is 1. The molecule has 0 bridgehead atoms. The third-order valence-electron chi connectivity index (χ3n) is 3.73. The summed E-state index contributed by atoms with van der Waals surface area (Å²) in [4.78, 5) is 3.76. The molecule has 0 spiro atoms. The molecule has 0 unspecified atom stereocenters. The SMILES string of the molecule is FC(F)(F)c1cnc(CNC(=S)Nc2cccc(Oc3ccccc3)c2)c(Cl)c1. The third-order valence-corrected chi connectivity index (χ3v) is 4.31. The number of hydrogen-bond acceptors (Lipinski definition) is 3. The molecule has 0 amide bonds. The lowest BCUT2D eigenvalue weighted by Gasteiger charge is -2.13. The molecule has 0 aliphatic carbocycles. The van der Waals surface area contributed by atoms with Crippen LogP contribution in [0.1, 0.15) is 11.3 Å². The normalized spacial score (nSPS) is 11.0. The van der Waals surface area contributed by atoms with Gasteiger partial charge >= 0.3 is 6.18 Å². The first-order valence-electron chi connectivity index (χ1n) is 8.41. The molecule has 1 aromatic heterocycles. The molecular formula is C20H15ClF3N3OS. The molecule has 3 aromatic rings. The topological polar surface area (TPSA) is 46.2 Å². The van der Waals surface area contributed by atoms with Gasteiger partial charge in [0.2, 0.25) is 0 Å². The Hall–Kier alpha value is -2.84. The fourth-order valence-electron chi connectivity index (χ4n) is 2.35. The molecule has 2 N–H and O–H groups in total. The zero-order chi connectivity index (χ0) is 20.9. The molecule has 0 fully saturated rings. The van der Waals surface area contributed by atoms with E-state index in [4.69, 9.17) is 28.6 Å². The lowest BCUT2D eigenvalue weighted by atomic mass is 10.2. The highest BCUT2D eigenvalue weighted by molar-refractivity contribution is 7.80. The van der Waals surface area contributed by atoms with Crippen molar-refractivity contribution in [2.45, 2.75) is 12.7 Å². The van der Waals surface area contributed by atoms with Crippen LogP contribution in [0.15, 0.2) is 66.9 Å². The minimum absolute atomic E-state index is 0.0724. The average molecular weight is 438 g/mol. The summed E-state index contributed by atoms with van der Waals surface area (Å²) in [5, 5.41) is 6.02. The van der Waals surface area contributed by atoms with Crippen molar-refractivity contribution in [1.82, 2.24) is 10.3 Å². The number of halogens is 4. The van der Waals surface area contributed by atoms with Crippen LogP contribution in [0.4, 0.5) is 18.9 Å². The number of hydrogen-bond donors (Lipinski definition) is 2. The molecule has 4 nitrogen and oxygen atoms in total. The Bertz CT molecular complexity index is 1000. The number of aromatic nitrogens is 1. The van der Waals surface area contributed by atoms with Gasteiger partial charge in [-0.15, -0.1) is 0 Å². The summed E-state index contributed by atoms with van der Waals surface area (Å²) < 4.78 is 43.8. The van der Waals surface area contributed by atoms with E-state index in [1.807, 2.05) is 30.3 Å². The van der Waals surface area contributed by atoms with Gasteiger partial charge in [0.25, 0.3) is 0 Å². The largest absolute Gasteiger partial charge is 0.457 e. The van der Waals surface area contributed by atoms with E-state index >= 15 is 0 Å². The number of alkyl halides is 3. The second-order valence-electron chi connectivity index (χ2n) is 5.90. The highest BCUT2D eigenvalue weighted by atomic mass is 35.5. The molecule has 0 aliphatic heterocycles. The van der Waals surface area contributed by atoms with Crippen molar-refractivity contribution < 1.29 is 17.9 Å². The zero-order valence-electron chi connectivity index (χ0n) is 14.8. The Morgan fingerprint density at radius 3 is 2.45 bits per heavy atom. The highest BCUT2D eigenvalue weighted by Crippen LogP contribution is 2.31. The summed E-state index contributed by atoms with van der Waals surface area (Å²) in [6, 6.07) is 17.3. The maximum atomic E-state index is 12.7. The smallest absolute Gasteiger partial charge is 0.417 e. The summed E-state index contributed by atoms with van der Waals surface area (Å²) in [7, 11) is 0. The van der Waals surface area contributed by atoms with Crippen molar-refractivity contribution in [2.24, 2.45) is 0 Å². The zero-order valence-corrected chi connectivity index (χ0v) is 16.4. The number of ether oxygens (including phenoxy) is 1. The Morgan fingerprint density at radius 2 is 1.76 bits per heavy atom. The molecular weight excluding hydrogens is 423 g/mol. The van der Waals surface area contributed by atoms with Crippen molar-refractivity contribution in [3.63, 3.8) is 0 Å². The molecule has 2 aromatic carbocycles. The third kappa shape index (κ3) is 6.07.